The van der Waals surface area contributed by atoms with Crippen LogP contribution in [-0.4, -0.2) is 64.1 Å². The smallest absolute Gasteiger partial charge is 0.423 e. The average Bonchev–Trinajstić information content (AvgIpc) is 3.70. The van der Waals surface area contributed by atoms with Crippen LogP contribution in [0.4, 0.5) is 0 Å². The van der Waals surface area contributed by atoms with E-state index in [2.05, 4.69) is 186 Å². The van der Waals surface area contributed by atoms with Crippen LogP contribution >= 0.6 is 151 Å². The second-order valence-corrected chi connectivity index (χ2v) is 39.9. The van der Waals surface area contributed by atoms with E-state index in [1.807, 2.05) is 36.7 Å². The van der Waals surface area contributed by atoms with Gasteiger partial charge in [0.05, 0.1) is 0 Å². The molecule has 6 nitrogen and oxygen atoms in total. The first-order chi connectivity index (χ1) is 23.4. The van der Waals surface area contributed by atoms with E-state index in [0.29, 0.717) is 41.1 Å². The van der Waals surface area contributed by atoms with Crippen LogP contribution in [0.1, 0.15) is 48.9 Å². The second kappa shape index (κ2) is 27.0. The summed E-state index contributed by atoms with van der Waals surface area (Å²) in [6, 6.07) is 24.0. The van der Waals surface area contributed by atoms with Crippen molar-refractivity contribution in [2.24, 2.45) is 0 Å². The Morgan fingerprint density at radius 3 is 1.61 bits per heavy atom. The van der Waals surface area contributed by atoms with Gasteiger partial charge in [-0.05, 0) is 110 Å². The Labute approximate surface area is 386 Å². The number of rotatable bonds is 4. The molecule has 2 atom stereocenters. The molecule has 2 aliphatic rings. The van der Waals surface area contributed by atoms with Crippen molar-refractivity contribution < 1.29 is 23.3 Å². The summed E-state index contributed by atoms with van der Waals surface area (Å²) in [7, 11) is 3.01. The summed E-state index contributed by atoms with van der Waals surface area (Å²) in [6.07, 6.45) is 8.81. The first kappa shape index (κ1) is 47.5. The molecule has 2 aliphatic heterocycles. The van der Waals surface area contributed by atoms with Gasteiger partial charge in [-0.1, -0.05) is 152 Å². The molecule has 0 saturated carbocycles. The molecule has 268 valence electrons. The molecule has 2 aromatic carbocycles. The third kappa shape index (κ3) is 18.2. The molecule has 2 N–H and O–H groups in total. The summed E-state index contributed by atoms with van der Waals surface area (Å²) in [5.41, 5.74) is 5.55. The Hall–Kier alpha value is 2.33. The van der Waals surface area contributed by atoms with Crippen molar-refractivity contribution in [3.8, 4) is 11.1 Å². The van der Waals surface area contributed by atoms with Crippen molar-refractivity contribution in [3.63, 3.8) is 0 Å². The Balaban J connectivity index is 0.000000244. The number of likely N-dealkylation sites (tertiary alicyclic amines) is 2. The molecule has 0 amide bonds. The van der Waals surface area contributed by atoms with Crippen LogP contribution in [0, 0.1) is 3.57 Å². The average molecular weight is 1490 g/mol. The minimum Gasteiger partial charge on any atom is -0.423 e. The summed E-state index contributed by atoms with van der Waals surface area (Å²) < 4.78 is 1.97. The van der Waals surface area contributed by atoms with Gasteiger partial charge >= 0.3 is 57.6 Å². The summed E-state index contributed by atoms with van der Waals surface area (Å²) in [6.45, 7) is 2.34. The predicted molar refractivity (Wildman–Crippen MR) is 256 cm³/mol. The number of hydrogen-bond acceptors (Lipinski definition) is 6. The Morgan fingerprint density at radius 2 is 1.20 bits per heavy atom. The first-order valence-corrected chi connectivity index (χ1v) is 33.2. The Bertz CT molecular complexity index is 1500. The van der Waals surface area contributed by atoms with Crippen molar-refractivity contribution in [2.45, 2.75) is 37.7 Å². The summed E-state index contributed by atoms with van der Waals surface area (Å²) >= 11 is 26.5. The van der Waals surface area contributed by atoms with Gasteiger partial charge in [0.1, 0.15) is 10.2 Å². The number of hydrogen-bond donors (Lipinski definition) is 2. The molecule has 6 rings (SSSR count). The number of aromatic nitrogens is 2. The minimum atomic E-state index is -1.34. The van der Waals surface area contributed by atoms with Gasteiger partial charge in [-0.15, -0.1) is 0 Å². The Kier molecular flexibility index (Phi) is 26.2. The number of alkyl halides is 3. The largest absolute Gasteiger partial charge is 0.488 e. The maximum absolute atomic E-state index is 8.58. The number of benzene rings is 2. The molecule has 49 heavy (non-hydrogen) atoms. The summed E-state index contributed by atoms with van der Waals surface area (Å²) in [5.74, 6) is 0. The molecule has 0 bridgehead atoms. The quantitative estimate of drug-likeness (QED) is 0.0936. The maximum Gasteiger partial charge on any atom is 0.488 e. The SMILES string of the molecule is CN1CCC[C@H]1c1cnc(Cl)cc1-c1ccccc1.CN1CCC[C@H]1c1cnc(Cl)cc1I.IC(I)I.I[I-]I.OB(O)c1ccccc1. The zero-order valence-corrected chi connectivity index (χ0v) is 43.3. The summed E-state index contributed by atoms with van der Waals surface area (Å²) in [4.78, 5) is 13.2. The van der Waals surface area contributed by atoms with Crippen molar-refractivity contribution in [3.05, 3.63) is 110 Å². The van der Waals surface area contributed by atoms with Gasteiger partial charge in [0, 0.05) is 33.6 Å². The van der Waals surface area contributed by atoms with Crippen molar-refractivity contribution in [1.29, 1.82) is 0 Å². The summed E-state index contributed by atoms with van der Waals surface area (Å²) in [5, 5.41) is 18.3. The molecule has 0 aliphatic carbocycles. The zero-order valence-electron chi connectivity index (χ0n) is 26.7. The van der Waals surface area contributed by atoms with E-state index in [4.69, 9.17) is 33.2 Å². The van der Waals surface area contributed by atoms with Gasteiger partial charge < -0.3 is 10.0 Å². The first-order valence-electron chi connectivity index (χ1n) is 15.0. The fourth-order valence-corrected chi connectivity index (χ4v) is 6.76. The second-order valence-electron chi connectivity index (χ2n) is 10.9. The van der Waals surface area contributed by atoms with Crippen LogP contribution < -0.4 is 18.7 Å². The molecule has 0 unspecified atom stereocenters. The van der Waals surface area contributed by atoms with E-state index in [1.54, 1.807) is 24.3 Å². The van der Waals surface area contributed by atoms with E-state index < -0.39 is 7.12 Å². The molecule has 0 radical (unpaired) electrons. The van der Waals surface area contributed by atoms with Crippen LogP contribution in [0.3, 0.4) is 0 Å². The normalized spacial score (nSPS) is 17.1. The van der Waals surface area contributed by atoms with Crippen molar-refractivity contribution in [1.82, 2.24) is 19.8 Å². The van der Waals surface area contributed by atoms with Gasteiger partial charge in [-0.3, -0.25) is 9.80 Å². The molecule has 0 spiro atoms. The fraction of sp³-hybridized carbons (Fsp3) is 0.333. The van der Waals surface area contributed by atoms with Gasteiger partial charge in [-0.25, -0.2) is 9.97 Å². The maximum atomic E-state index is 8.58. The molecular weight excluding hydrogens is 1450 g/mol. The van der Waals surface area contributed by atoms with E-state index in [0.717, 1.165) is 6.48 Å². The van der Waals surface area contributed by atoms with Crippen LogP contribution in [0.5, 0.6) is 0 Å². The van der Waals surface area contributed by atoms with Crippen LogP contribution in [-0.2, 0) is 0 Å². The molecule has 2 saturated heterocycles. The van der Waals surface area contributed by atoms with E-state index in [1.165, 1.54) is 58.1 Å². The van der Waals surface area contributed by atoms with Crippen molar-refractivity contribution >= 4 is 163 Å². The zero-order chi connectivity index (χ0) is 36.3. The van der Waals surface area contributed by atoms with E-state index in [-0.39, 0.29) is 0 Å². The van der Waals surface area contributed by atoms with Gasteiger partial charge in [0.25, 0.3) is 0 Å². The van der Waals surface area contributed by atoms with Crippen LogP contribution in [0.25, 0.3) is 11.1 Å². The van der Waals surface area contributed by atoms with Crippen LogP contribution in [0.2, 0.25) is 10.3 Å². The number of pyridine rings is 2. The number of halogens is 9. The van der Waals surface area contributed by atoms with Gasteiger partial charge in [0.15, 0.2) is 0 Å². The molecule has 4 aromatic rings. The van der Waals surface area contributed by atoms with Crippen LogP contribution in [0.15, 0.2) is 85.2 Å². The van der Waals surface area contributed by atoms with Gasteiger partial charge in [0.2, 0.25) is 0 Å². The third-order valence-corrected chi connectivity index (χ3v) is 9.04. The third-order valence-electron chi connectivity index (χ3n) is 7.69. The van der Waals surface area contributed by atoms with E-state index in [9.17, 15) is 0 Å². The topological polar surface area (TPSA) is 72.7 Å². The Morgan fingerprint density at radius 1 is 0.776 bits per heavy atom. The molecule has 2 aromatic heterocycles. The molecule has 4 heterocycles. The fourth-order valence-electron chi connectivity index (χ4n) is 5.47. The van der Waals surface area contributed by atoms with Gasteiger partial charge in [-0.2, -0.15) is 0 Å². The molecule has 2 fully saturated rings. The molecular formula is C33H37BCl2I7N4O2-. The predicted octanol–water partition coefficient (Wildman–Crippen LogP) is 7.99. The van der Waals surface area contributed by atoms with Crippen molar-refractivity contribution in [2.75, 3.05) is 27.2 Å². The van der Waals surface area contributed by atoms with E-state index >= 15 is 0 Å². The monoisotopic (exact) mass is 1490 g/mol. The standard InChI is InChI=1S/C16H17ClN2.C10H12ClIN2.C6H7BO2.CHI3.I3/c1-19-9-5-8-15(19)14-11-18-16(17)10-13(14)12-6-3-2-4-7-12;1-14-4-2-3-9(14)7-6-13-10(11)5-8(7)12;8-7(9)6-4-2-1-3-5-6;2-1(3)4;1-3-2/h2-4,6-7,10-11,15H,5,8-9H2,1H3;5-6,9H,2-4H2,1H3;1-5,8-9H;1H;/q;;;;-1/t15-;9-;;;/m00.../s1. The molecule has 16 heteroatoms. The number of nitrogens with zero attached hydrogens (tertiary/aromatic N) is 4. The minimum absolute atomic E-state index is 0.458.